The van der Waals surface area contributed by atoms with Gasteiger partial charge < -0.3 is 15.2 Å². The van der Waals surface area contributed by atoms with Crippen molar-refractivity contribution in [2.45, 2.75) is 44.6 Å². The van der Waals surface area contributed by atoms with Gasteiger partial charge in [-0.05, 0) is 54.2 Å². The SMILES string of the molecule is CC(=O)Nc1cn(C(=O)O)c2ccc(CO[C@H]3C[C@@H](c4ccc(C(F)(F)F)cc4)C3)cc12. The highest BCUT2D eigenvalue weighted by molar-refractivity contribution is 6.04. The second-order valence-electron chi connectivity index (χ2n) is 7.95. The first-order valence-electron chi connectivity index (χ1n) is 10.1. The number of benzene rings is 2. The van der Waals surface area contributed by atoms with Crippen molar-refractivity contribution in [1.29, 1.82) is 0 Å². The molecule has 168 valence electrons. The number of hydrogen-bond acceptors (Lipinski definition) is 3. The Morgan fingerprint density at radius 1 is 1.16 bits per heavy atom. The first-order valence-corrected chi connectivity index (χ1v) is 10.1. The van der Waals surface area contributed by atoms with Crippen LogP contribution in [0.4, 0.5) is 23.7 Å². The molecule has 0 unspecified atom stereocenters. The molecular formula is C23H21F3N2O4. The van der Waals surface area contributed by atoms with Gasteiger partial charge in [0, 0.05) is 18.5 Å². The number of nitrogens with one attached hydrogen (secondary N) is 1. The second-order valence-corrected chi connectivity index (χ2v) is 7.95. The lowest BCUT2D eigenvalue weighted by atomic mass is 9.77. The lowest BCUT2D eigenvalue weighted by Gasteiger charge is -2.35. The Bertz CT molecular complexity index is 1160. The summed E-state index contributed by atoms with van der Waals surface area (Å²) >= 11 is 0. The second kappa shape index (κ2) is 8.31. The Balaban J connectivity index is 1.39. The van der Waals surface area contributed by atoms with E-state index in [2.05, 4.69) is 5.32 Å². The summed E-state index contributed by atoms with van der Waals surface area (Å²) in [5.74, 6) is -0.138. The average molecular weight is 446 g/mol. The van der Waals surface area contributed by atoms with Crippen LogP contribution >= 0.6 is 0 Å². The number of fused-ring (bicyclic) bond motifs is 1. The zero-order chi connectivity index (χ0) is 23.0. The molecule has 0 radical (unpaired) electrons. The van der Waals surface area contributed by atoms with E-state index < -0.39 is 17.8 Å². The Morgan fingerprint density at radius 3 is 2.44 bits per heavy atom. The predicted octanol–water partition coefficient (Wildman–Crippen LogP) is 5.61. The van der Waals surface area contributed by atoms with Gasteiger partial charge in [-0.3, -0.25) is 9.36 Å². The van der Waals surface area contributed by atoms with Crippen molar-refractivity contribution < 1.29 is 32.6 Å². The van der Waals surface area contributed by atoms with Crippen LogP contribution < -0.4 is 5.32 Å². The Kier molecular flexibility index (Phi) is 5.68. The van der Waals surface area contributed by atoms with Gasteiger partial charge in [-0.15, -0.1) is 0 Å². The van der Waals surface area contributed by atoms with Crippen molar-refractivity contribution in [2.24, 2.45) is 0 Å². The van der Waals surface area contributed by atoms with Crippen molar-refractivity contribution in [3.05, 3.63) is 65.4 Å². The average Bonchev–Trinajstić information content (AvgIpc) is 3.04. The Morgan fingerprint density at radius 2 is 1.84 bits per heavy atom. The summed E-state index contributed by atoms with van der Waals surface area (Å²) in [4.78, 5) is 22.9. The summed E-state index contributed by atoms with van der Waals surface area (Å²) in [6.07, 6.45) is -2.69. The number of aromatic nitrogens is 1. The summed E-state index contributed by atoms with van der Waals surface area (Å²) in [5, 5.41) is 12.6. The zero-order valence-electron chi connectivity index (χ0n) is 17.1. The number of amides is 1. The number of ether oxygens (including phenoxy) is 1. The highest BCUT2D eigenvalue weighted by Gasteiger charge is 2.33. The third kappa shape index (κ3) is 4.47. The number of carbonyl (C=O) groups is 2. The summed E-state index contributed by atoms with van der Waals surface area (Å²) in [6.45, 7) is 1.65. The van der Waals surface area contributed by atoms with Crippen LogP contribution in [0.2, 0.25) is 0 Å². The molecule has 1 heterocycles. The number of anilines is 1. The number of carboxylic acid groups (broad SMARTS) is 1. The molecule has 1 aliphatic rings. The Labute approximate surface area is 181 Å². The van der Waals surface area contributed by atoms with E-state index in [0.29, 0.717) is 23.2 Å². The molecule has 6 nitrogen and oxygen atoms in total. The summed E-state index contributed by atoms with van der Waals surface area (Å²) in [7, 11) is 0. The molecule has 0 aliphatic heterocycles. The fourth-order valence-electron chi connectivity index (χ4n) is 3.95. The first-order chi connectivity index (χ1) is 15.1. The van der Waals surface area contributed by atoms with Gasteiger partial charge in [0.1, 0.15) is 0 Å². The summed E-state index contributed by atoms with van der Waals surface area (Å²) in [6, 6.07) is 10.5. The van der Waals surface area contributed by atoms with Crippen LogP contribution in [-0.4, -0.2) is 27.8 Å². The number of rotatable bonds is 5. The summed E-state index contributed by atoms with van der Waals surface area (Å²) in [5.41, 5.74) is 1.90. The van der Waals surface area contributed by atoms with E-state index in [0.717, 1.165) is 40.7 Å². The molecule has 32 heavy (non-hydrogen) atoms. The molecule has 0 bridgehead atoms. The van der Waals surface area contributed by atoms with Gasteiger partial charge in [0.2, 0.25) is 5.91 Å². The number of carbonyl (C=O) groups excluding carboxylic acids is 1. The third-order valence-corrected chi connectivity index (χ3v) is 5.68. The van der Waals surface area contributed by atoms with Crippen molar-refractivity contribution in [3.8, 4) is 0 Å². The smallest absolute Gasteiger partial charge is 0.416 e. The molecule has 1 fully saturated rings. The predicted molar refractivity (Wildman–Crippen MR) is 112 cm³/mol. The van der Waals surface area contributed by atoms with Crippen molar-refractivity contribution in [2.75, 3.05) is 5.32 Å². The maximum Gasteiger partial charge on any atom is 0.416 e. The number of nitrogens with zero attached hydrogens (tertiary/aromatic N) is 1. The lowest BCUT2D eigenvalue weighted by Crippen LogP contribution is -2.29. The van der Waals surface area contributed by atoms with E-state index in [1.807, 2.05) is 0 Å². The third-order valence-electron chi connectivity index (χ3n) is 5.68. The minimum atomic E-state index is -4.34. The molecule has 1 aliphatic carbocycles. The van der Waals surface area contributed by atoms with Gasteiger partial charge in [0.15, 0.2) is 0 Å². The minimum absolute atomic E-state index is 0.00331. The van der Waals surface area contributed by atoms with Crippen molar-refractivity contribution in [1.82, 2.24) is 4.57 Å². The molecule has 0 atom stereocenters. The van der Waals surface area contributed by atoms with Crippen molar-refractivity contribution >= 4 is 28.6 Å². The zero-order valence-corrected chi connectivity index (χ0v) is 17.1. The first kappa shape index (κ1) is 21.9. The molecule has 1 saturated carbocycles. The van der Waals surface area contributed by atoms with Crippen molar-refractivity contribution in [3.63, 3.8) is 0 Å². The molecule has 4 rings (SSSR count). The van der Waals surface area contributed by atoms with E-state index in [1.165, 1.54) is 25.3 Å². The molecule has 1 aromatic heterocycles. The van der Waals surface area contributed by atoms with Gasteiger partial charge in [0.05, 0.1) is 29.5 Å². The lowest BCUT2D eigenvalue weighted by molar-refractivity contribution is -0.137. The molecular weight excluding hydrogens is 425 g/mol. The number of alkyl halides is 3. The minimum Gasteiger partial charge on any atom is -0.464 e. The fraction of sp³-hybridized carbons (Fsp3) is 0.304. The van der Waals surface area contributed by atoms with Gasteiger partial charge in [-0.25, -0.2) is 4.79 Å². The molecule has 9 heteroatoms. The van der Waals surface area contributed by atoms with Crippen LogP contribution in [0.3, 0.4) is 0 Å². The normalized spacial score (nSPS) is 18.4. The topological polar surface area (TPSA) is 80.6 Å². The van der Waals surface area contributed by atoms with Crippen LogP contribution in [-0.2, 0) is 22.3 Å². The summed E-state index contributed by atoms with van der Waals surface area (Å²) < 4.78 is 45.1. The van der Waals surface area contributed by atoms with E-state index in [9.17, 15) is 27.9 Å². The maximum absolute atomic E-state index is 12.7. The van der Waals surface area contributed by atoms with Crippen LogP contribution in [0.15, 0.2) is 48.7 Å². The monoisotopic (exact) mass is 446 g/mol. The van der Waals surface area contributed by atoms with Crippen LogP contribution in [0.25, 0.3) is 10.9 Å². The van der Waals surface area contributed by atoms with Crippen LogP contribution in [0, 0.1) is 0 Å². The quantitative estimate of drug-likeness (QED) is 0.534. The number of halogens is 3. The molecule has 1 amide bonds. The van der Waals surface area contributed by atoms with Gasteiger partial charge in [-0.2, -0.15) is 13.2 Å². The van der Waals surface area contributed by atoms with E-state index in [4.69, 9.17) is 4.74 Å². The molecule has 0 spiro atoms. The highest BCUT2D eigenvalue weighted by Crippen LogP contribution is 2.40. The van der Waals surface area contributed by atoms with Gasteiger partial charge >= 0.3 is 12.3 Å². The highest BCUT2D eigenvalue weighted by atomic mass is 19.4. The van der Waals surface area contributed by atoms with E-state index in [-0.39, 0.29) is 17.9 Å². The van der Waals surface area contributed by atoms with Crippen LogP contribution in [0.1, 0.15) is 42.4 Å². The van der Waals surface area contributed by atoms with E-state index >= 15 is 0 Å². The Hall–Kier alpha value is -3.33. The van der Waals surface area contributed by atoms with E-state index in [1.54, 1.807) is 18.2 Å². The molecule has 2 aromatic carbocycles. The molecule has 2 N–H and O–H groups in total. The fourth-order valence-corrected chi connectivity index (χ4v) is 3.95. The maximum atomic E-state index is 12.7. The number of hydrogen-bond donors (Lipinski definition) is 2. The van der Waals surface area contributed by atoms with Gasteiger partial charge in [-0.1, -0.05) is 18.2 Å². The largest absolute Gasteiger partial charge is 0.464 e. The molecule has 3 aromatic rings. The van der Waals surface area contributed by atoms with Crippen LogP contribution in [0.5, 0.6) is 0 Å². The molecule has 0 saturated heterocycles. The standard InChI is InChI=1S/C23H21F3N2O4/c1-13(29)27-20-11-28(22(30)31)21-7-2-14(8-19(20)21)12-32-18-9-16(10-18)15-3-5-17(6-4-15)23(24,25)26/h2-8,11,16,18H,9-10,12H2,1H3,(H,27,29)(H,30,31)/t16-,18+. The van der Waals surface area contributed by atoms with Gasteiger partial charge in [0.25, 0.3) is 0 Å².